The zero-order valence-electron chi connectivity index (χ0n) is 8.29. The quantitative estimate of drug-likeness (QED) is 0.422. The Kier molecular flexibility index (Phi) is 7.67. The maximum absolute atomic E-state index is 3.65. The van der Waals surface area contributed by atoms with Crippen molar-refractivity contribution >= 4 is 11.8 Å². The van der Waals surface area contributed by atoms with Gasteiger partial charge in [0.25, 0.3) is 0 Å². The Balaban J connectivity index is 0.00000169. The smallest absolute Gasteiger partial charge is 0.0208 e. The van der Waals surface area contributed by atoms with Crippen molar-refractivity contribution < 1.29 is 12.4 Å². The summed E-state index contributed by atoms with van der Waals surface area (Å²) >= 11 is 1.77. The molecule has 0 saturated carbocycles. The molecule has 0 spiro atoms. The molecule has 3 heteroatoms. The minimum absolute atomic E-state index is 0. The minimum Gasteiger partial charge on any atom is -1.00 e. The molecule has 0 amide bonds. The molecule has 14 heavy (non-hydrogen) atoms. The van der Waals surface area contributed by atoms with Crippen LogP contribution in [-0.4, -0.2) is 12.8 Å². The molecule has 0 fully saturated rings. The highest BCUT2D eigenvalue weighted by molar-refractivity contribution is 7.98. The predicted molar refractivity (Wildman–Crippen MR) is 60.1 cm³/mol. The maximum atomic E-state index is 3.65. The van der Waals surface area contributed by atoms with Gasteiger partial charge in [-0.1, -0.05) is 18.2 Å². The lowest BCUT2D eigenvalue weighted by atomic mass is 10.2. The minimum atomic E-state index is 0. The molecular formula is C11H15ClNS-. The van der Waals surface area contributed by atoms with Crippen molar-refractivity contribution in [1.29, 1.82) is 0 Å². The number of rotatable bonds is 5. The van der Waals surface area contributed by atoms with E-state index in [4.69, 9.17) is 0 Å². The van der Waals surface area contributed by atoms with Crippen LogP contribution in [0.25, 0.3) is 0 Å². The first-order valence-corrected chi connectivity index (χ1v) is 5.54. The summed E-state index contributed by atoms with van der Waals surface area (Å²) in [6.45, 7) is 5.44. The van der Waals surface area contributed by atoms with Crippen molar-refractivity contribution in [2.75, 3.05) is 12.8 Å². The summed E-state index contributed by atoms with van der Waals surface area (Å²) in [7, 11) is 0. The van der Waals surface area contributed by atoms with Crippen LogP contribution in [0.3, 0.4) is 0 Å². The molecule has 1 rings (SSSR count). The first-order valence-electron chi connectivity index (χ1n) is 4.31. The van der Waals surface area contributed by atoms with Crippen LogP contribution in [0.2, 0.25) is 0 Å². The van der Waals surface area contributed by atoms with Gasteiger partial charge in [-0.25, -0.2) is 0 Å². The van der Waals surface area contributed by atoms with Gasteiger partial charge in [-0.3, -0.25) is 0 Å². The molecule has 0 aromatic heterocycles. The van der Waals surface area contributed by atoms with Crippen molar-refractivity contribution in [3.63, 3.8) is 0 Å². The Hall–Kier alpha value is -0.440. The second-order valence-electron chi connectivity index (χ2n) is 2.77. The van der Waals surface area contributed by atoms with Crippen molar-refractivity contribution in [3.05, 3.63) is 42.5 Å². The molecule has 0 saturated heterocycles. The first kappa shape index (κ1) is 13.6. The molecule has 0 aliphatic heterocycles. The van der Waals surface area contributed by atoms with Gasteiger partial charge in [0, 0.05) is 18.0 Å². The molecule has 1 N–H and O–H groups in total. The third kappa shape index (κ3) is 4.70. The van der Waals surface area contributed by atoms with Crippen molar-refractivity contribution in [1.82, 2.24) is 5.32 Å². The van der Waals surface area contributed by atoms with Crippen LogP contribution < -0.4 is 17.7 Å². The van der Waals surface area contributed by atoms with Gasteiger partial charge in [0.1, 0.15) is 0 Å². The Bertz CT molecular complexity index is 258. The summed E-state index contributed by atoms with van der Waals surface area (Å²) in [6, 6.07) is 8.61. The van der Waals surface area contributed by atoms with E-state index in [0.717, 1.165) is 13.1 Å². The van der Waals surface area contributed by atoms with Gasteiger partial charge in [0.2, 0.25) is 0 Å². The molecule has 0 aliphatic carbocycles. The lowest BCUT2D eigenvalue weighted by Gasteiger charge is -2.02. The number of hydrogen-bond acceptors (Lipinski definition) is 2. The SMILES string of the molecule is C=CCNCc1ccc(SC)cc1.[Cl-]. The monoisotopic (exact) mass is 228 g/mol. The topological polar surface area (TPSA) is 12.0 Å². The molecule has 0 unspecified atom stereocenters. The van der Waals surface area contributed by atoms with E-state index in [1.807, 2.05) is 6.08 Å². The second-order valence-corrected chi connectivity index (χ2v) is 3.65. The summed E-state index contributed by atoms with van der Waals surface area (Å²) in [5, 5.41) is 3.26. The summed E-state index contributed by atoms with van der Waals surface area (Å²) in [4.78, 5) is 1.31. The zero-order valence-corrected chi connectivity index (χ0v) is 9.87. The van der Waals surface area contributed by atoms with Crippen molar-refractivity contribution in [3.8, 4) is 0 Å². The molecule has 0 radical (unpaired) electrons. The summed E-state index contributed by atoms with van der Waals surface area (Å²) in [5.74, 6) is 0. The third-order valence-corrected chi connectivity index (χ3v) is 2.52. The third-order valence-electron chi connectivity index (χ3n) is 1.78. The Labute approximate surface area is 96.4 Å². The molecule has 1 aromatic carbocycles. The van der Waals surface area contributed by atoms with Crippen LogP contribution in [0.4, 0.5) is 0 Å². The second kappa shape index (κ2) is 7.92. The number of hydrogen-bond donors (Lipinski definition) is 1. The normalized spacial score (nSPS) is 9.21. The number of benzene rings is 1. The van der Waals surface area contributed by atoms with Gasteiger partial charge < -0.3 is 17.7 Å². The Morgan fingerprint density at radius 1 is 1.36 bits per heavy atom. The fourth-order valence-electron chi connectivity index (χ4n) is 1.06. The van der Waals surface area contributed by atoms with Gasteiger partial charge in [-0.05, 0) is 24.0 Å². The fourth-order valence-corrected chi connectivity index (χ4v) is 1.47. The van der Waals surface area contributed by atoms with Crippen LogP contribution in [-0.2, 0) is 6.54 Å². The highest BCUT2D eigenvalue weighted by atomic mass is 35.5. The average Bonchev–Trinajstić information content (AvgIpc) is 2.19. The predicted octanol–water partition coefficient (Wildman–Crippen LogP) is -0.312. The molecule has 1 nitrogen and oxygen atoms in total. The summed E-state index contributed by atoms with van der Waals surface area (Å²) in [6.07, 6.45) is 3.96. The standard InChI is InChI=1S/C11H15NS.ClH/c1-3-8-12-9-10-4-6-11(13-2)7-5-10;/h3-7,12H,1,8-9H2,2H3;1H/p-1. The van der Waals surface area contributed by atoms with Crippen LogP contribution in [0.5, 0.6) is 0 Å². The molecule has 0 bridgehead atoms. The van der Waals surface area contributed by atoms with Crippen molar-refractivity contribution in [2.45, 2.75) is 11.4 Å². The largest absolute Gasteiger partial charge is 1.00 e. The highest BCUT2D eigenvalue weighted by Crippen LogP contribution is 2.14. The lowest BCUT2D eigenvalue weighted by Crippen LogP contribution is -3.00. The summed E-state index contributed by atoms with van der Waals surface area (Å²) < 4.78 is 0. The maximum Gasteiger partial charge on any atom is 0.0208 e. The molecule has 0 heterocycles. The first-order chi connectivity index (χ1) is 6.36. The van der Waals surface area contributed by atoms with Gasteiger partial charge in [-0.15, -0.1) is 18.3 Å². The van der Waals surface area contributed by atoms with Crippen LogP contribution in [0.1, 0.15) is 5.56 Å². The van der Waals surface area contributed by atoms with E-state index in [-0.39, 0.29) is 12.4 Å². The van der Waals surface area contributed by atoms with Crippen LogP contribution >= 0.6 is 11.8 Å². The fraction of sp³-hybridized carbons (Fsp3) is 0.273. The van der Waals surface area contributed by atoms with E-state index in [2.05, 4.69) is 42.4 Å². The van der Waals surface area contributed by atoms with Crippen LogP contribution in [0.15, 0.2) is 41.8 Å². The van der Waals surface area contributed by atoms with Crippen LogP contribution in [0, 0.1) is 0 Å². The van der Waals surface area contributed by atoms with Gasteiger partial charge in [0.15, 0.2) is 0 Å². The molecule has 0 atom stereocenters. The summed E-state index contributed by atoms with van der Waals surface area (Å²) in [5.41, 5.74) is 1.32. The average molecular weight is 229 g/mol. The van der Waals surface area contributed by atoms with E-state index in [1.165, 1.54) is 10.5 Å². The highest BCUT2D eigenvalue weighted by Gasteiger charge is 1.91. The molecule has 78 valence electrons. The van der Waals surface area contributed by atoms with Gasteiger partial charge in [0.05, 0.1) is 0 Å². The van der Waals surface area contributed by atoms with E-state index < -0.39 is 0 Å². The molecule has 0 aliphatic rings. The number of halogens is 1. The number of thioether (sulfide) groups is 1. The van der Waals surface area contributed by atoms with Crippen molar-refractivity contribution in [2.24, 2.45) is 0 Å². The van der Waals surface area contributed by atoms with Gasteiger partial charge >= 0.3 is 0 Å². The Morgan fingerprint density at radius 3 is 2.50 bits per heavy atom. The van der Waals surface area contributed by atoms with Gasteiger partial charge in [-0.2, -0.15) is 0 Å². The molecular weight excluding hydrogens is 214 g/mol. The Morgan fingerprint density at radius 2 is 2.00 bits per heavy atom. The number of nitrogens with one attached hydrogen (secondary N) is 1. The molecule has 1 aromatic rings. The van der Waals surface area contributed by atoms with E-state index in [1.54, 1.807) is 11.8 Å². The van der Waals surface area contributed by atoms with E-state index in [9.17, 15) is 0 Å². The van der Waals surface area contributed by atoms with E-state index >= 15 is 0 Å². The lowest BCUT2D eigenvalue weighted by molar-refractivity contribution is -0.00000270. The zero-order chi connectivity index (χ0) is 9.52. The van der Waals surface area contributed by atoms with E-state index in [0.29, 0.717) is 0 Å².